The third-order valence-corrected chi connectivity index (χ3v) is 143. The van der Waals surface area contributed by atoms with Crippen molar-refractivity contribution < 1.29 is 0 Å². The average Bonchev–Trinajstić information content (AvgIpc) is 2.68. The number of rotatable bonds is 8. The predicted octanol–water partition coefficient (Wildman–Crippen LogP) is 10.3. The third-order valence-electron chi connectivity index (χ3n) is 8.17. The quantitative estimate of drug-likeness (QED) is 0.231. The molecule has 2 aromatic rings. The molecule has 4 radical (unpaired) electrons. The van der Waals surface area contributed by atoms with Gasteiger partial charge in [0.1, 0.15) is 0 Å². The van der Waals surface area contributed by atoms with Crippen LogP contribution in [0, 0.1) is 41.5 Å². The van der Waals surface area contributed by atoms with E-state index in [1.807, 2.05) is 0 Å². The van der Waals surface area contributed by atoms with Crippen LogP contribution in [0.25, 0.3) is 0 Å². The van der Waals surface area contributed by atoms with Gasteiger partial charge in [0.15, 0.2) is 0 Å². The minimum atomic E-state index is -0.832. The van der Waals surface area contributed by atoms with Gasteiger partial charge in [-0.1, -0.05) is 118 Å². The van der Waals surface area contributed by atoms with E-state index in [4.69, 9.17) is 0 Å². The fourth-order valence-electron chi connectivity index (χ4n) is 9.63. The van der Waals surface area contributed by atoms with Crippen LogP contribution in [0.2, 0.25) is 118 Å². The Bertz CT molecular complexity index is 1100. The summed E-state index contributed by atoms with van der Waals surface area (Å²) in [4.78, 5) is 0. The van der Waals surface area contributed by atoms with Gasteiger partial charge in [0, 0.05) is 60.2 Å². The van der Waals surface area contributed by atoms with Gasteiger partial charge in [-0.2, -0.15) is 0 Å². The van der Waals surface area contributed by atoms with Crippen LogP contribution < -0.4 is 7.16 Å². The van der Waals surface area contributed by atoms with Crippen LogP contribution in [0.3, 0.4) is 0 Å². The fourth-order valence-corrected chi connectivity index (χ4v) is 209. The zero-order valence-corrected chi connectivity index (χ0v) is 49.0. The van der Waals surface area contributed by atoms with E-state index in [2.05, 4.69) is 184 Å². The number of hydrogen-bond donors (Lipinski definition) is 0. The van der Waals surface area contributed by atoms with E-state index in [9.17, 15) is 0 Å². The van der Waals surface area contributed by atoms with Gasteiger partial charge in [-0.15, -0.1) is 0 Å². The van der Waals surface area contributed by atoms with Gasteiger partial charge in [0.05, 0.1) is 0 Å². The second kappa shape index (κ2) is 18.0. The molecule has 0 fully saturated rings. The van der Waals surface area contributed by atoms with Crippen molar-refractivity contribution in [2.45, 2.75) is 159 Å². The maximum absolute atomic E-state index is 2.61. The van der Waals surface area contributed by atoms with E-state index in [1.54, 1.807) is 29.4 Å². The maximum atomic E-state index is 2.61. The van der Waals surface area contributed by atoms with Crippen molar-refractivity contribution in [3.63, 3.8) is 0 Å². The van der Waals surface area contributed by atoms with Gasteiger partial charge < -0.3 is 0 Å². The van der Waals surface area contributed by atoms with E-state index in [0.717, 1.165) is 0 Å². The summed E-state index contributed by atoms with van der Waals surface area (Å²) >= 11 is -0.756. The van der Waals surface area contributed by atoms with Crippen molar-refractivity contribution in [2.24, 2.45) is 0 Å². The molecule has 2 aromatic carbocycles. The Morgan fingerprint density at radius 2 is 0.478 bits per heavy atom. The summed E-state index contributed by atoms with van der Waals surface area (Å²) in [5.74, 6) is 0. The molecule has 2 rings (SSSR count). The molecule has 46 heavy (non-hydrogen) atoms. The Labute approximate surface area is 314 Å². The predicted molar refractivity (Wildman–Crippen MR) is 244 cm³/mol. The first-order valence-electron chi connectivity index (χ1n) is 17.6. The van der Waals surface area contributed by atoms with Crippen molar-refractivity contribution in [1.82, 2.24) is 0 Å². The number of hydrogen-bond acceptors (Lipinski definition) is 0. The molecule has 0 aliphatic carbocycles. The first-order chi connectivity index (χ1) is 20.1. The second-order valence-electron chi connectivity index (χ2n) is 20.0. The summed E-state index contributed by atoms with van der Waals surface area (Å²) in [6.07, 6.45) is 0. The summed E-state index contributed by atoms with van der Waals surface area (Å²) < 4.78 is 3.54. The normalized spacial score (nSPS) is 13.5. The molecule has 0 N–H and O–H groups in total. The van der Waals surface area contributed by atoms with Gasteiger partial charge in [-0.3, -0.25) is 0 Å². The average molecular weight is 971 g/mol. The Morgan fingerprint density at radius 1 is 0.326 bits per heavy atom. The van der Waals surface area contributed by atoms with Crippen LogP contribution >= 0.6 is 0 Å². The van der Waals surface area contributed by atoms with Crippen LogP contribution in [0.15, 0.2) is 24.3 Å². The molecule has 10 heteroatoms. The molecule has 0 aliphatic heterocycles. The third kappa shape index (κ3) is 16.4. The number of aryl methyl sites for hydroxylation is 6. The second-order valence-corrected chi connectivity index (χ2v) is 107. The van der Waals surface area contributed by atoms with E-state index < -0.39 is 45.5 Å². The van der Waals surface area contributed by atoms with Crippen LogP contribution in [-0.2, 0) is 0 Å². The van der Waals surface area contributed by atoms with Crippen molar-refractivity contribution in [3.05, 3.63) is 57.6 Å². The Hall–Kier alpha value is 1.77. The topological polar surface area (TPSA) is 0 Å². The summed E-state index contributed by atoms with van der Waals surface area (Å²) in [6, 6.07) is 9.49. The molecule has 0 saturated carbocycles. The zero-order valence-electron chi connectivity index (χ0n) is 35.3. The van der Waals surface area contributed by atoms with Gasteiger partial charge in [0.25, 0.3) is 0 Å². The standard InChI is InChI=1S/2C9H27Si4.2C9H11.2Sn/c2*1-11(2,3)10(12(4,5)6)13(7,8)9;2*1-7-4-8(2)6-9(3)5-7;;/h2*1-9H3;2*4-5H,1-3H3;;. The first kappa shape index (κ1) is 47.8. The van der Waals surface area contributed by atoms with Crippen LogP contribution in [-0.4, -0.2) is 93.4 Å². The summed E-state index contributed by atoms with van der Waals surface area (Å²) in [5, 5.41) is 0. The van der Waals surface area contributed by atoms with E-state index in [-0.39, 0.29) is 47.8 Å². The monoisotopic (exact) mass is 972 g/mol. The van der Waals surface area contributed by atoms with E-state index in [1.165, 1.54) is 11.1 Å². The van der Waals surface area contributed by atoms with Crippen molar-refractivity contribution in [3.8, 4) is 0 Å². The SMILES string of the molecule is C[Si](C)(C)[Si]([Si](C)(C)C)[Si](C)(C)C.C[Si](C)(C)[Si]([Si](C)(C)C)[Si](C)(C)C.Cc1cc(C)[c]([Sn]=[Sn][c]2c(C)cc(C)cc2C)c(C)c1. The van der Waals surface area contributed by atoms with Crippen molar-refractivity contribution in [1.29, 1.82) is 0 Å². The molecule has 0 saturated heterocycles. The Morgan fingerprint density at radius 3 is 0.587 bits per heavy atom. The van der Waals surface area contributed by atoms with Gasteiger partial charge in [-0.25, -0.2) is 0 Å². The first-order valence-corrected chi connectivity index (χ1v) is 61.4. The molecule has 0 nitrogen and oxygen atoms in total. The van der Waals surface area contributed by atoms with Gasteiger partial charge in [0.2, 0.25) is 0 Å². The van der Waals surface area contributed by atoms with Gasteiger partial charge in [-0.05, 0) is 0 Å². The molecular weight excluding hydrogens is 895 g/mol. The molecule has 0 aromatic heterocycles. The molecule has 0 unspecified atom stereocenters. The molecule has 0 aliphatic rings. The van der Waals surface area contributed by atoms with E-state index in [0.29, 0.717) is 0 Å². The molecule has 260 valence electrons. The Kier molecular flexibility index (Phi) is 18.7. The van der Waals surface area contributed by atoms with Crippen LogP contribution in [0.4, 0.5) is 0 Å². The Balaban J connectivity index is 0.000000691. The molecule has 0 atom stereocenters. The van der Waals surface area contributed by atoms with Crippen molar-refractivity contribution in [2.75, 3.05) is 0 Å². The molecular formula is C36H76Si8Sn2. The van der Waals surface area contributed by atoms with E-state index >= 15 is 0 Å². The fraction of sp³-hybridized carbons (Fsp3) is 0.667. The summed E-state index contributed by atoms with van der Waals surface area (Å²) in [5.41, 5.74) is 9.04. The van der Waals surface area contributed by atoms with Crippen LogP contribution in [0.5, 0.6) is 0 Å². The summed E-state index contributed by atoms with van der Waals surface area (Å²) in [6.45, 7) is 60.6. The minimum absolute atomic E-state index is 0.0255. The number of benzene rings is 2. The molecule has 0 amide bonds. The van der Waals surface area contributed by atoms with Crippen molar-refractivity contribution >= 4 is 101 Å². The van der Waals surface area contributed by atoms with Crippen LogP contribution in [0.1, 0.15) is 33.4 Å². The molecule has 0 bridgehead atoms. The van der Waals surface area contributed by atoms with Gasteiger partial charge >= 0.3 is 139 Å². The zero-order chi connectivity index (χ0) is 37.0. The summed E-state index contributed by atoms with van der Waals surface area (Å²) in [7, 11) is -4.94. The molecule has 0 spiro atoms. The molecule has 0 heterocycles.